The molecule has 2 heterocycles. The molecule has 1 amide bonds. The maximum atomic E-state index is 12.5. The van der Waals surface area contributed by atoms with Crippen LogP contribution < -0.4 is 5.32 Å². The van der Waals surface area contributed by atoms with E-state index in [1.54, 1.807) is 18.5 Å². The smallest absolute Gasteiger partial charge is 0.233 e. The maximum absolute atomic E-state index is 12.5. The Morgan fingerprint density at radius 2 is 2.05 bits per heavy atom. The molecule has 2 aromatic heterocycles. The minimum atomic E-state index is -0.200. The summed E-state index contributed by atoms with van der Waals surface area (Å²) in [6.45, 7) is 4.00. The Bertz CT molecular complexity index is 596. The van der Waals surface area contributed by atoms with Crippen molar-refractivity contribution in [3.05, 3.63) is 52.4 Å². The molecule has 0 aromatic carbocycles. The fourth-order valence-electron chi connectivity index (χ4n) is 2.09. The summed E-state index contributed by atoms with van der Waals surface area (Å²) in [4.78, 5) is 20.9. The van der Waals surface area contributed by atoms with E-state index in [2.05, 4.69) is 38.1 Å². The van der Waals surface area contributed by atoms with Crippen LogP contribution in [0.2, 0.25) is 0 Å². The van der Waals surface area contributed by atoms with Crippen LogP contribution in [0.25, 0.3) is 0 Å². The summed E-state index contributed by atoms with van der Waals surface area (Å²) in [6, 6.07) is 7.53. The van der Waals surface area contributed by atoms with E-state index in [-0.39, 0.29) is 11.8 Å². The number of rotatable bonds is 5. The van der Waals surface area contributed by atoms with Gasteiger partial charge >= 0.3 is 0 Å². The van der Waals surface area contributed by atoms with E-state index in [0.717, 1.165) is 28.6 Å². The number of anilines is 1. The molecule has 0 bridgehead atoms. The average Bonchev–Trinajstić information content (AvgIpc) is 2.48. The largest absolute Gasteiger partial charge is 0.310 e. The van der Waals surface area contributed by atoms with Gasteiger partial charge in [0.1, 0.15) is 5.82 Å². The summed E-state index contributed by atoms with van der Waals surface area (Å²) in [5, 5.41) is 2.87. The third kappa shape index (κ3) is 4.36. The number of amides is 1. The van der Waals surface area contributed by atoms with Gasteiger partial charge in [-0.15, -0.1) is 0 Å². The van der Waals surface area contributed by atoms with Gasteiger partial charge in [-0.3, -0.25) is 9.78 Å². The average molecular weight is 348 g/mol. The van der Waals surface area contributed by atoms with Crippen molar-refractivity contribution in [1.82, 2.24) is 9.97 Å². The van der Waals surface area contributed by atoms with Crippen molar-refractivity contribution in [3.63, 3.8) is 0 Å². The summed E-state index contributed by atoms with van der Waals surface area (Å²) in [5.41, 5.74) is 1.89. The molecule has 2 aromatic rings. The van der Waals surface area contributed by atoms with E-state index in [4.69, 9.17) is 0 Å². The topological polar surface area (TPSA) is 54.9 Å². The van der Waals surface area contributed by atoms with Crippen molar-refractivity contribution in [2.75, 3.05) is 5.32 Å². The zero-order valence-electron chi connectivity index (χ0n) is 12.1. The number of aryl methyl sites for hydroxylation is 1. The molecule has 21 heavy (non-hydrogen) atoms. The lowest BCUT2D eigenvalue weighted by molar-refractivity contribution is -0.117. The number of nitrogens with zero attached hydrogens (tertiary/aromatic N) is 2. The summed E-state index contributed by atoms with van der Waals surface area (Å²) in [6.07, 6.45) is 5.16. The number of carbonyl (C=O) groups is 1. The Balaban J connectivity index is 2.15. The number of hydrogen-bond acceptors (Lipinski definition) is 3. The highest BCUT2D eigenvalue weighted by Crippen LogP contribution is 2.23. The van der Waals surface area contributed by atoms with Gasteiger partial charge in [-0.25, -0.2) is 4.98 Å². The van der Waals surface area contributed by atoms with Gasteiger partial charge in [-0.05, 0) is 53.0 Å². The second-order valence-electron chi connectivity index (χ2n) is 4.93. The number of hydrogen-bond donors (Lipinski definition) is 1. The third-order valence-electron chi connectivity index (χ3n) is 3.21. The summed E-state index contributed by atoms with van der Waals surface area (Å²) < 4.78 is 0.883. The van der Waals surface area contributed by atoms with Crippen molar-refractivity contribution in [3.8, 4) is 0 Å². The Morgan fingerprint density at radius 3 is 2.62 bits per heavy atom. The first-order valence-electron chi connectivity index (χ1n) is 6.95. The van der Waals surface area contributed by atoms with E-state index >= 15 is 0 Å². The highest BCUT2D eigenvalue weighted by Gasteiger charge is 2.20. The van der Waals surface area contributed by atoms with Crippen LogP contribution in [0, 0.1) is 6.92 Å². The van der Waals surface area contributed by atoms with Crippen LogP contribution in [0.15, 0.2) is 41.1 Å². The van der Waals surface area contributed by atoms with E-state index in [9.17, 15) is 4.79 Å². The Labute approximate surface area is 133 Å². The van der Waals surface area contributed by atoms with Crippen LogP contribution in [0.3, 0.4) is 0 Å². The first kappa shape index (κ1) is 15.6. The molecule has 0 aliphatic heterocycles. The summed E-state index contributed by atoms with van der Waals surface area (Å²) >= 11 is 3.33. The third-order valence-corrected chi connectivity index (χ3v) is 3.68. The number of nitrogens with one attached hydrogen (secondary N) is 1. The second kappa shape index (κ2) is 7.31. The first-order valence-corrected chi connectivity index (χ1v) is 7.74. The Kier molecular flexibility index (Phi) is 5.44. The van der Waals surface area contributed by atoms with Crippen molar-refractivity contribution in [2.24, 2.45) is 0 Å². The zero-order valence-corrected chi connectivity index (χ0v) is 13.7. The van der Waals surface area contributed by atoms with E-state index in [1.807, 2.05) is 25.1 Å². The molecule has 0 radical (unpaired) electrons. The number of carbonyl (C=O) groups excluding carboxylic acids is 1. The highest BCUT2D eigenvalue weighted by molar-refractivity contribution is 9.10. The maximum Gasteiger partial charge on any atom is 0.233 e. The molecular formula is C16H18BrN3O. The molecule has 4 nitrogen and oxygen atoms in total. The summed E-state index contributed by atoms with van der Waals surface area (Å²) in [7, 11) is 0. The first-order chi connectivity index (χ1) is 10.1. The van der Waals surface area contributed by atoms with Crippen LogP contribution in [0.4, 0.5) is 5.82 Å². The zero-order chi connectivity index (χ0) is 15.2. The fraction of sp³-hybridized carbons (Fsp3) is 0.312. The monoisotopic (exact) mass is 347 g/mol. The molecule has 5 heteroatoms. The quantitative estimate of drug-likeness (QED) is 0.886. The van der Waals surface area contributed by atoms with Crippen molar-refractivity contribution in [2.45, 2.75) is 32.6 Å². The van der Waals surface area contributed by atoms with Crippen LogP contribution in [0.5, 0.6) is 0 Å². The predicted octanol–water partition coefficient (Wildman–Crippen LogP) is 4.07. The lowest BCUT2D eigenvalue weighted by atomic mass is 9.95. The van der Waals surface area contributed by atoms with Gasteiger partial charge in [0.05, 0.1) is 5.92 Å². The molecule has 0 aliphatic rings. The van der Waals surface area contributed by atoms with Gasteiger partial charge in [-0.1, -0.05) is 19.4 Å². The lowest BCUT2D eigenvalue weighted by Crippen LogP contribution is -2.22. The van der Waals surface area contributed by atoms with E-state index < -0.39 is 0 Å². The van der Waals surface area contributed by atoms with Gasteiger partial charge in [0.25, 0.3) is 0 Å². The van der Waals surface area contributed by atoms with Gasteiger partial charge in [-0.2, -0.15) is 0 Å². The van der Waals surface area contributed by atoms with Crippen LogP contribution >= 0.6 is 15.9 Å². The molecule has 0 saturated heterocycles. The minimum Gasteiger partial charge on any atom is -0.310 e. The van der Waals surface area contributed by atoms with Crippen LogP contribution in [0.1, 0.15) is 36.9 Å². The molecule has 110 valence electrons. The standard InChI is InChI=1S/C16H18BrN3O/c1-3-4-14(12-6-5-11(2)18-9-12)16(21)20-15-8-7-13(17)10-19-15/h5-10,14H,3-4H2,1-2H3,(H,19,20,21). The van der Waals surface area contributed by atoms with Crippen molar-refractivity contribution < 1.29 is 4.79 Å². The minimum absolute atomic E-state index is 0.0441. The van der Waals surface area contributed by atoms with Gasteiger partial charge in [0, 0.05) is 22.6 Å². The normalized spacial score (nSPS) is 12.0. The SMILES string of the molecule is CCCC(C(=O)Nc1ccc(Br)cn1)c1ccc(C)nc1. The Hall–Kier alpha value is -1.75. The van der Waals surface area contributed by atoms with Crippen molar-refractivity contribution in [1.29, 1.82) is 0 Å². The number of aromatic nitrogens is 2. The summed E-state index contributed by atoms with van der Waals surface area (Å²) in [5.74, 6) is 0.315. The molecular weight excluding hydrogens is 330 g/mol. The number of halogens is 1. The molecule has 0 fully saturated rings. The molecule has 0 aliphatic carbocycles. The molecule has 1 unspecified atom stereocenters. The van der Waals surface area contributed by atoms with E-state index in [1.165, 1.54) is 0 Å². The molecule has 0 saturated carbocycles. The van der Waals surface area contributed by atoms with E-state index in [0.29, 0.717) is 5.82 Å². The van der Waals surface area contributed by atoms with Crippen molar-refractivity contribution >= 4 is 27.7 Å². The Morgan fingerprint density at radius 1 is 1.24 bits per heavy atom. The fourth-order valence-corrected chi connectivity index (χ4v) is 2.32. The molecule has 1 atom stereocenters. The van der Waals surface area contributed by atoms with Crippen LogP contribution in [-0.2, 0) is 4.79 Å². The molecule has 0 spiro atoms. The van der Waals surface area contributed by atoms with Crippen LogP contribution in [-0.4, -0.2) is 15.9 Å². The predicted molar refractivity (Wildman–Crippen MR) is 87.2 cm³/mol. The lowest BCUT2D eigenvalue weighted by Gasteiger charge is -2.16. The number of pyridine rings is 2. The van der Waals surface area contributed by atoms with Gasteiger partial charge < -0.3 is 5.32 Å². The molecule has 1 N–H and O–H groups in total. The van der Waals surface area contributed by atoms with Gasteiger partial charge in [0.15, 0.2) is 0 Å². The second-order valence-corrected chi connectivity index (χ2v) is 5.84. The highest BCUT2D eigenvalue weighted by atomic mass is 79.9. The molecule has 2 rings (SSSR count). The van der Waals surface area contributed by atoms with Gasteiger partial charge in [0.2, 0.25) is 5.91 Å².